The van der Waals surface area contributed by atoms with Gasteiger partial charge in [0.05, 0.1) is 17.3 Å². The van der Waals surface area contributed by atoms with Crippen molar-refractivity contribution in [3.8, 4) is 0 Å². The van der Waals surface area contributed by atoms with Crippen LogP contribution >= 0.6 is 11.6 Å². The molecule has 0 N–H and O–H groups in total. The molecule has 0 aliphatic heterocycles. The van der Waals surface area contributed by atoms with Gasteiger partial charge in [-0.2, -0.15) is 5.10 Å². The predicted molar refractivity (Wildman–Crippen MR) is 71.5 cm³/mol. The Kier molecular flexibility index (Phi) is 4.02. The number of nitrogens with zero attached hydrogens (tertiary/aromatic N) is 2. The Morgan fingerprint density at radius 3 is 2.72 bits per heavy atom. The minimum Gasteiger partial charge on any atom is -0.265 e. The van der Waals surface area contributed by atoms with Crippen molar-refractivity contribution in [2.45, 2.75) is 33.2 Å². The second-order valence-electron chi connectivity index (χ2n) is 4.20. The lowest BCUT2D eigenvalue weighted by molar-refractivity contribution is 0.612. The summed E-state index contributed by atoms with van der Waals surface area (Å²) in [6.07, 6.45) is 1.80. The van der Waals surface area contributed by atoms with Crippen molar-refractivity contribution in [3.05, 3.63) is 52.1 Å². The van der Waals surface area contributed by atoms with E-state index >= 15 is 0 Å². The third-order valence-electron chi connectivity index (χ3n) is 2.99. The number of aromatic nitrogens is 2. The van der Waals surface area contributed by atoms with Crippen molar-refractivity contribution in [1.29, 1.82) is 0 Å². The standard InChI is InChI=1S/C14H16ClFN2/c1-3-11-8-12(4-2)18(17-11)9-10-6-5-7-13(16)14(10)15/h5-8H,3-4,9H2,1-2H3. The van der Waals surface area contributed by atoms with Crippen LogP contribution in [0.2, 0.25) is 5.02 Å². The van der Waals surface area contributed by atoms with Gasteiger partial charge < -0.3 is 0 Å². The Labute approximate surface area is 111 Å². The molecule has 1 aromatic heterocycles. The van der Waals surface area contributed by atoms with Crippen molar-refractivity contribution in [3.63, 3.8) is 0 Å². The Balaban J connectivity index is 2.33. The Hall–Kier alpha value is -1.35. The Morgan fingerprint density at radius 2 is 2.06 bits per heavy atom. The van der Waals surface area contributed by atoms with Crippen LogP contribution in [0.4, 0.5) is 4.39 Å². The average Bonchev–Trinajstić information content (AvgIpc) is 2.77. The summed E-state index contributed by atoms with van der Waals surface area (Å²) in [6, 6.07) is 6.96. The summed E-state index contributed by atoms with van der Waals surface area (Å²) in [4.78, 5) is 0. The Morgan fingerprint density at radius 1 is 1.28 bits per heavy atom. The second-order valence-corrected chi connectivity index (χ2v) is 4.58. The average molecular weight is 267 g/mol. The van der Waals surface area contributed by atoms with E-state index in [0.29, 0.717) is 6.54 Å². The highest BCUT2D eigenvalue weighted by Crippen LogP contribution is 2.21. The zero-order valence-electron chi connectivity index (χ0n) is 10.6. The van der Waals surface area contributed by atoms with E-state index in [2.05, 4.69) is 25.0 Å². The van der Waals surface area contributed by atoms with Gasteiger partial charge in [-0.25, -0.2) is 4.39 Å². The summed E-state index contributed by atoms with van der Waals surface area (Å²) < 4.78 is 15.3. The zero-order chi connectivity index (χ0) is 13.1. The summed E-state index contributed by atoms with van der Waals surface area (Å²) in [6.45, 7) is 4.67. The molecule has 18 heavy (non-hydrogen) atoms. The molecule has 96 valence electrons. The number of aryl methyl sites for hydroxylation is 2. The lowest BCUT2D eigenvalue weighted by atomic mass is 10.2. The molecule has 0 saturated carbocycles. The van der Waals surface area contributed by atoms with Gasteiger partial charge in [-0.15, -0.1) is 0 Å². The number of benzene rings is 1. The van der Waals surface area contributed by atoms with Gasteiger partial charge in [-0.1, -0.05) is 37.6 Å². The molecule has 2 nitrogen and oxygen atoms in total. The van der Waals surface area contributed by atoms with Crippen LogP contribution in [0.1, 0.15) is 30.8 Å². The molecule has 0 radical (unpaired) electrons. The molecule has 1 heterocycles. The molecule has 0 aliphatic rings. The first-order valence-corrected chi connectivity index (χ1v) is 6.52. The summed E-state index contributed by atoms with van der Waals surface area (Å²) in [5.74, 6) is -0.380. The zero-order valence-corrected chi connectivity index (χ0v) is 11.3. The molecule has 2 rings (SSSR count). The van der Waals surface area contributed by atoms with Gasteiger partial charge in [0, 0.05) is 5.69 Å². The van der Waals surface area contributed by atoms with Gasteiger partial charge in [-0.05, 0) is 30.5 Å². The lowest BCUT2D eigenvalue weighted by Crippen LogP contribution is -2.07. The maximum Gasteiger partial charge on any atom is 0.142 e. The summed E-state index contributed by atoms with van der Waals surface area (Å²) >= 11 is 5.96. The highest BCUT2D eigenvalue weighted by atomic mass is 35.5. The van der Waals surface area contributed by atoms with E-state index in [9.17, 15) is 4.39 Å². The summed E-state index contributed by atoms with van der Waals surface area (Å²) in [5.41, 5.74) is 2.96. The monoisotopic (exact) mass is 266 g/mol. The van der Waals surface area contributed by atoms with Crippen LogP contribution < -0.4 is 0 Å². The van der Waals surface area contributed by atoms with Gasteiger partial charge in [0.15, 0.2) is 0 Å². The fraction of sp³-hybridized carbons (Fsp3) is 0.357. The number of rotatable bonds is 4. The molecule has 0 aliphatic carbocycles. The topological polar surface area (TPSA) is 17.8 Å². The number of halogens is 2. The fourth-order valence-corrected chi connectivity index (χ4v) is 2.13. The maximum absolute atomic E-state index is 13.4. The first kappa shape index (κ1) is 13.1. The van der Waals surface area contributed by atoms with E-state index in [0.717, 1.165) is 29.8 Å². The maximum atomic E-state index is 13.4. The van der Waals surface area contributed by atoms with Crippen LogP contribution in [-0.2, 0) is 19.4 Å². The molecule has 0 atom stereocenters. The van der Waals surface area contributed by atoms with Crippen molar-refractivity contribution < 1.29 is 4.39 Å². The fourth-order valence-electron chi connectivity index (χ4n) is 1.94. The lowest BCUT2D eigenvalue weighted by Gasteiger charge is -2.08. The van der Waals surface area contributed by atoms with Gasteiger partial charge in [0.1, 0.15) is 5.82 Å². The molecule has 0 amide bonds. The van der Waals surface area contributed by atoms with Gasteiger partial charge in [-0.3, -0.25) is 4.68 Å². The van der Waals surface area contributed by atoms with Gasteiger partial charge in [0.25, 0.3) is 0 Å². The van der Waals surface area contributed by atoms with Crippen LogP contribution in [0.3, 0.4) is 0 Å². The van der Waals surface area contributed by atoms with E-state index in [1.54, 1.807) is 6.07 Å². The van der Waals surface area contributed by atoms with Gasteiger partial charge >= 0.3 is 0 Å². The van der Waals surface area contributed by atoms with Crippen molar-refractivity contribution in [2.24, 2.45) is 0 Å². The first-order valence-electron chi connectivity index (χ1n) is 6.14. The van der Waals surface area contributed by atoms with Crippen molar-refractivity contribution in [1.82, 2.24) is 9.78 Å². The van der Waals surface area contributed by atoms with Gasteiger partial charge in [0.2, 0.25) is 0 Å². The highest BCUT2D eigenvalue weighted by Gasteiger charge is 2.10. The second kappa shape index (κ2) is 5.53. The number of hydrogen-bond acceptors (Lipinski definition) is 1. The quantitative estimate of drug-likeness (QED) is 0.822. The third-order valence-corrected chi connectivity index (χ3v) is 3.41. The van der Waals surface area contributed by atoms with Crippen LogP contribution in [0.5, 0.6) is 0 Å². The molecule has 0 fully saturated rings. The molecular weight excluding hydrogens is 251 g/mol. The SMILES string of the molecule is CCc1cc(CC)n(Cc2cccc(F)c2Cl)n1. The van der Waals surface area contributed by atoms with E-state index < -0.39 is 0 Å². The summed E-state index contributed by atoms with van der Waals surface area (Å²) in [5, 5.41) is 4.69. The normalized spacial score (nSPS) is 10.9. The van der Waals surface area contributed by atoms with Crippen molar-refractivity contribution >= 4 is 11.6 Å². The minimum absolute atomic E-state index is 0.188. The van der Waals surface area contributed by atoms with E-state index in [1.807, 2.05) is 10.7 Å². The molecule has 0 saturated heterocycles. The smallest absolute Gasteiger partial charge is 0.142 e. The molecule has 0 unspecified atom stereocenters. The van der Waals surface area contributed by atoms with E-state index in [1.165, 1.54) is 6.07 Å². The first-order chi connectivity index (χ1) is 8.65. The molecular formula is C14H16ClFN2. The highest BCUT2D eigenvalue weighted by molar-refractivity contribution is 6.31. The largest absolute Gasteiger partial charge is 0.265 e. The molecule has 0 spiro atoms. The van der Waals surface area contributed by atoms with E-state index in [4.69, 9.17) is 11.6 Å². The molecule has 4 heteroatoms. The summed E-state index contributed by atoms with van der Waals surface area (Å²) in [7, 11) is 0. The Bertz CT molecular complexity index is 549. The van der Waals surface area contributed by atoms with Crippen molar-refractivity contribution in [2.75, 3.05) is 0 Å². The van der Waals surface area contributed by atoms with Crippen LogP contribution in [-0.4, -0.2) is 9.78 Å². The van der Waals surface area contributed by atoms with E-state index in [-0.39, 0.29) is 10.8 Å². The third kappa shape index (κ3) is 2.56. The predicted octanol–water partition coefficient (Wildman–Crippen LogP) is 3.85. The minimum atomic E-state index is -0.380. The molecule has 2 aromatic rings. The van der Waals surface area contributed by atoms with Crippen LogP contribution in [0.25, 0.3) is 0 Å². The number of hydrogen-bond donors (Lipinski definition) is 0. The molecule has 1 aromatic carbocycles. The van der Waals surface area contributed by atoms with Crippen LogP contribution in [0.15, 0.2) is 24.3 Å². The molecule has 0 bridgehead atoms. The van der Waals surface area contributed by atoms with Crippen LogP contribution in [0, 0.1) is 5.82 Å².